The number of rotatable bonds is 9. The minimum atomic E-state index is -0.00431. The van der Waals surface area contributed by atoms with E-state index in [9.17, 15) is 5.11 Å². The van der Waals surface area contributed by atoms with Crippen molar-refractivity contribution >= 4 is 29.9 Å². The molecule has 29 heavy (non-hydrogen) atoms. The first-order valence-corrected chi connectivity index (χ1v) is 9.97. The topological polar surface area (TPSA) is 83.7 Å². The Labute approximate surface area is 190 Å². The van der Waals surface area contributed by atoms with Crippen LogP contribution in [0.2, 0.25) is 0 Å². The van der Waals surface area contributed by atoms with E-state index in [1.165, 1.54) is 11.1 Å². The fourth-order valence-electron chi connectivity index (χ4n) is 3.51. The van der Waals surface area contributed by atoms with Gasteiger partial charge in [-0.15, -0.1) is 24.0 Å². The fourth-order valence-corrected chi connectivity index (χ4v) is 3.51. The zero-order chi connectivity index (χ0) is 19.7. The molecule has 1 aliphatic heterocycles. The van der Waals surface area contributed by atoms with Crippen molar-refractivity contribution in [1.29, 1.82) is 0 Å². The lowest BCUT2D eigenvalue weighted by Gasteiger charge is -2.27. The summed E-state index contributed by atoms with van der Waals surface area (Å²) in [6.07, 6.45) is 7.30. The van der Waals surface area contributed by atoms with E-state index in [1.807, 2.05) is 12.5 Å². The lowest BCUT2D eigenvalue weighted by atomic mass is 9.84. The summed E-state index contributed by atoms with van der Waals surface area (Å²) in [5.41, 5.74) is 2.40. The molecule has 2 aromatic rings. The summed E-state index contributed by atoms with van der Waals surface area (Å²) in [6.45, 7) is 6.66. The number of aliphatic imine (C=N–C) groups is 1. The standard InChI is InChI=1S/C21H31N5O2.HI/c1-2-23-20(25-15-21(6-10-27)7-11-28-16-21)24-13-18-4-3-5-19(12-18)14-26-9-8-22-17-26;/h3-5,8-9,12,17,27H,2,6-7,10-11,13-16H2,1H3,(H2,23,24,25);1H. The van der Waals surface area contributed by atoms with Gasteiger partial charge in [-0.3, -0.25) is 0 Å². The number of hydrogen-bond acceptors (Lipinski definition) is 4. The number of aliphatic hydroxyl groups excluding tert-OH is 1. The molecule has 0 radical (unpaired) electrons. The molecule has 0 saturated carbocycles. The Hall–Kier alpha value is -1.65. The number of benzene rings is 1. The van der Waals surface area contributed by atoms with E-state index >= 15 is 0 Å². The monoisotopic (exact) mass is 513 g/mol. The zero-order valence-electron chi connectivity index (χ0n) is 17.0. The van der Waals surface area contributed by atoms with Gasteiger partial charge < -0.3 is 25.0 Å². The normalized spacial score (nSPS) is 19.0. The van der Waals surface area contributed by atoms with Gasteiger partial charge in [0.1, 0.15) is 0 Å². The lowest BCUT2D eigenvalue weighted by Crippen LogP contribution is -2.44. The van der Waals surface area contributed by atoms with Crippen molar-refractivity contribution in [3.63, 3.8) is 0 Å². The third-order valence-corrected chi connectivity index (χ3v) is 5.14. The number of guanidine groups is 1. The van der Waals surface area contributed by atoms with E-state index in [1.54, 1.807) is 6.20 Å². The second kappa shape index (κ2) is 12.1. The smallest absolute Gasteiger partial charge is 0.191 e. The lowest BCUT2D eigenvalue weighted by molar-refractivity contribution is 0.127. The molecule has 3 N–H and O–H groups in total. The molecule has 8 heteroatoms. The van der Waals surface area contributed by atoms with Crippen molar-refractivity contribution < 1.29 is 9.84 Å². The Kier molecular flexibility index (Phi) is 9.89. The van der Waals surface area contributed by atoms with Crippen LogP contribution in [0.4, 0.5) is 0 Å². The number of aromatic nitrogens is 2. The third kappa shape index (κ3) is 7.27. The molecule has 1 aromatic heterocycles. The SMILES string of the molecule is CCNC(=NCc1cccc(Cn2ccnc2)c1)NCC1(CCO)CCOC1.I. The Bertz CT molecular complexity index is 745. The van der Waals surface area contributed by atoms with Crippen LogP contribution >= 0.6 is 24.0 Å². The number of halogens is 1. The Morgan fingerprint density at radius 3 is 2.90 bits per heavy atom. The molecule has 1 saturated heterocycles. The number of nitrogens with one attached hydrogen (secondary N) is 2. The molecule has 2 heterocycles. The van der Waals surface area contributed by atoms with Crippen LogP contribution in [-0.2, 0) is 17.8 Å². The minimum Gasteiger partial charge on any atom is -0.396 e. The quantitative estimate of drug-likeness (QED) is 0.273. The van der Waals surface area contributed by atoms with Crippen LogP contribution in [0.15, 0.2) is 48.0 Å². The molecule has 1 atom stereocenters. The van der Waals surface area contributed by atoms with Crippen LogP contribution < -0.4 is 10.6 Å². The van der Waals surface area contributed by atoms with Crippen molar-refractivity contribution in [3.8, 4) is 0 Å². The second-order valence-electron chi connectivity index (χ2n) is 7.38. The highest BCUT2D eigenvalue weighted by molar-refractivity contribution is 14.0. The average molecular weight is 513 g/mol. The molecule has 1 aliphatic rings. The summed E-state index contributed by atoms with van der Waals surface area (Å²) in [7, 11) is 0. The van der Waals surface area contributed by atoms with Crippen LogP contribution in [0, 0.1) is 5.41 Å². The molecule has 7 nitrogen and oxygen atoms in total. The summed E-state index contributed by atoms with van der Waals surface area (Å²) < 4.78 is 7.63. The minimum absolute atomic E-state index is 0. The second-order valence-corrected chi connectivity index (χ2v) is 7.38. The molecule has 160 valence electrons. The first-order chi connectivity index (χ1) is 13.7. The Morgan fingerprint density at radius 2 is 2.21 bits per heavy atom. The molecule has 1 aromatic carbocycles. The molecular formula is C21H32IN5O2. The molecule has 0 spiro atoms. The predicted octanol–water partition coefficient (Wildman–Crippen LogP) is 2.39. The van der Waals surface area contributed by atoms with Gasteiger partial charge >= 0.3 is 0 Å². The molecule has 0 aliphatic carbocycles. The van der Waals surface area contributed by atoms with Crippen LogP contribution in [0.1, 0.15) is 30.9 Å². The molecule has 3 rings (SSSR count). The number of ether oxygens (including phenoxy) is 1. The maximum atomic E-state index is 9.40. The van der Waals surface area contributed by atoms with Gasteiger partial charge in [-0.05, 0) is 30.9 Å². The van der Waals surface area contributed by atoms with E-state index in [4.69, 9.17) is 9.73 Å². The fraction of sp³-hybridized carbons (Fsp3) is 0.524. The van der Waals surface area contributed by atoms with Gasteiger partial charge in [0.05, 0.1) is 19.5 Å². The highest BCUT2D eigenvalue weighted by Gasteiger charge is 2.34. The van der Waals surface area contributed by atoms with E-state index in [0.717, 1.165) is 45.0 Å². The first-order valence-electron chi connectivity index (χ1n) is 9.97. The van der Waals surface area contributed by atoms with Gasteiger partial charge in [-0.1, -0.05) is 24.3 Å². The van der Waals surface area contributed by atoms with Crippen LogP contribution in [0.5, 0.6) is 0 Å². The number of hydrogen-bond donors (Lipinski definition) is 3. The van der Waals surface area contributed by atoms with Gasteiger partial charge in [0, 0.05) is 50.7 Å². The van der Waals surface area contributed by atoms with Crippen LogP contribution in [0.3, 0.4) is 0 Å². The highest BCUT2D eigenvalue weighted by atomic mass is 127. The Morgan fingerprint density at radius 1 is 1.34 bits per heavy atom. The predicted molar refractivity (Wildman–Crippen MR) is 126 cm³/mol. The molecular weight excluding hydrogens is 481 g/mol. The number of imidazole rings is 1. The van der Waals surface area contributed by atoms with Crippen molar-refractivity contribution in [3.05, 3.63) is 54.1 Å². The molecule has 1 unspecified atom stereocenters. The summed E-state index contributed by atoms with van der Waals surface area (Å²) in [5.74, 6) is 0.798. The largest absolute Gasteiger partial charge is 0.396 e. The van der Waals surface area contributed by atoms with Gasteiger partial charge in [-0.25, -0.2) is 9.98 Å². The molecule has 1 fully saturated rings. The van der Waals surface area contributed by atoms with E-state index in [2.05, 4.69) is 51.4 Å². The first kappa shape index (κ1) is 23.6. The van der Waals surface area contributed by atoms with Crippen molar-refractivity contribution in [2.75, 3.05) is 32.9 Å². The Balaban J connectivity index is 0.00000300. The van der Waals surface area contributed by atoms with Gasteiger partial charge in [0.25, 0.3) is 0 Å². The van der Waals surface area contributed by atoms with Gasteiger partial charge in [0.15, 0.2) is 5.96 Å². The summed E-state index contributed by atoms with van der Waals surface area (Å²) in [5, 5.41) is 16.2. The average Bonchev–Trinajstić information content (AvgIpc) is 3.37. The van der Waals surface area contributed by atoms with E-state index in [0.29, 0.717) is 13.2 Å². The van der Waals surface area contributed by atoms with Crippen molar-refractivity contribution in [2.24, 2.45) is 10.4 Å². The number of aliphatic hydroxyl groups is 1. The highest BCUT2D eigenvalue weighted by Crippen LogP contribution is 2.31. The third-order valence-electron chi connectivity index (χ3n) is 5.14. The molecule has 0 amide bonds. The summed E-state index contributed by atoms with van der Waals surface area (Å²) >= 11 is 0. The van der Waals surface area contributed by atoms with Crippen LogP contribution in [-0.4, -0.2) is 53.5 Å². The van der Waals surface area contributed by atoms with Gasteiger partial charge in [0.2, 0.25) is 0 Å². The maximum Gasteiger partial charge on any atom is 0.191 e. The maximum absolute atomic E-state index is 9.40. The zero-order valence-corrected chi connectivity index (χ0v) is 19.3. The van der Waals surface area contributed by atoms with Crippen LogP contribution in [0.25, 0.3) is 0 Å². The molecule has 0 bridgehead atoms. The summed E-state index contributed by atoms with van der Waals surface area (Å²) in [6, 6.07) is 8.48. The van der Waals surface area contributed by atoms with E-state index in [-0.39, 0.29) is 36.0 Å². The summed E-state index contributed by atoms with van der Waals surface area (Å²) in [4.78, 5) is 8.84. The van der Waals surface area contributed by atoms with Crippen molar-refractivity contribution in [1.82, 2.24) is 20.2 Å². The van der Waals surface area contributed by atoms with Gasteiger partial charge in [-0.2, -0.15) is 0 Å². The van der Waals surface area contributed by atoms with Crippen molar-refractivity contribution in [2.45, 2.75) is 32.9 Å². The van der Waals surface area contributed by atoms with E-state index < -0.39 is 0 Å². The number of nitrogens with zero attached hydrogens (tertiary/aromatic N) is 3.